The predicted molar refractivity (Wildman–Crippen MR) is 94.3 cm³/mol. The van der Waals surface area contributed by atoms with Crippen LogP contribution in [0.25, 0.3) is 22.4 Å². The Morgan fingerprint density at radius 2 is 1.92 bits per heavy atom. The van der Waals surface area contributed by atoms with E-state index in [1.165, 1.54) is 29.0 Å². The molecule has 0 aliphatic heterocycles. The van der Waals surface area contributed by atoms with Crippen molar-refractivity contribution in [3.05, 3.63) is 53.8 Å². The van der Waals surface area contributed by atoms with E-state index >= 15 is 0 Å². The molecule has 0 unspecified atom stereocenters. The number of nitrogens with zero attached hydrogens (tertiary/aromatic N) is 2. The summed E-state index contributed by atoms with van der Waals surface area (Å²) in [4.78, 5) is 21.7. The largest absolute Gasteiger partial charge is 0.534 e. The lowest BCUT2D eigenvalue weighted by atomic mass is 10.2. The number of carbonyl (C=O) groups is 1. The molecule has 2 aromatic carbocycles. The number of hydrogen-bond acceptors (Lipinski definition) is 5. The number of benzene rings is 2. The molecule has 3 aromatic rings. The highest BCUT2D eigenvalue weighted by molar-refractivity contribution is 5.98. The fourth-order valence-corrected chi connectivity index (χ4v) is 2.39. The zero-order chi connectivity index (χ0) is 18.8. The number of rotatable bonds is 4. The normalized spacial score (nSPS) is 10.9. The minimum absolute atomic E-state index is 0.107. The SMILES string of the molecule is CC(C)OC(=O)On1c(-c2ccc(F)cc2)nc2cc(C(=N)N)ccc21. The Bertz CT molecular complexity index is 980. The highest BCUT2D eigenvalue weighted by Crippen LogP contribution is 2.25. The highest BCUT2D eigenvalue weighted by Gasteiger charge is 2.19. The second-order valence-corrected chi connectivity index (χ2v) is 5.86. The number of carbonyl (C=O) groups excluding carboxylic acids is 1. The molecule has 0 spiro atoms. The van der Waals surface area contributed by atoms with E-state index in [4.69, 9.17) is 20.7 Å². The van der Waals surface area contributed by atoms with Crippen molar-refractivity contribution in [2.75, 3.05) is 0 Å². The molecular formula is C18H17FN4O3. The van der Waals surface area contributed by atoms with E-state index < -0.39 is 12.0 Å². The first kappa shape index (κ1) is 17.4. The summed E-state index contributed by atoms with van der Waals surface area (Å²) < 4.78 is 19.5. The summed E-state index contributed by atoms with van der Waals surface area (Å²) in [5.74, 6) is -0.207. The Morgan fingerprint density at radius 3 is 2.54 bits per heavy atom. The summed E-state index contributed by atoms with van der Waals surface area (Å²) in [6.45, 7) is 3.40. The fourth-order valence-electron chi connectivity index (χ4n) is 2.39. The third kappa shape index (κ3) is 3.49. The van der Waals surface area contributed by atoms with Gasteiger partial charge in [0.15, 0.2) is 5.82 Å². The number of nitrogens with two attached hydrogens (primary N) is 1. The molecule has 134 valence electrons. The van der Waals surface area contributed by atoms with Crippen LogP contribution in [0, 0.1) is 11.2 Å². The van der Waals surface area contributed by atoms with Crippen molar-refractivity contribution >= 4 is 23.0 Å². The summed E-state index contributed by atoms with van der Waals surface area (Å²) >= 11 is 0. The van der Waals surface area contributed by atoms with Crippen molar-refractivity contribution in [3.63, 3.8) is 0 Å². The van der Waals surface area contributed by atoms with Crippen LogP contribution in [0.1, 0.15) is 19.4 Å². The fraction of sp³-hybridized carbons (Fsp3) is 0.167. The van der Waals surface area contributed by atoms with Gasteiger partial charge in [-0.15, -0.1) is 4.73 Å². The van der Waals surface area contributed by atoms with Crippen LogP contribution in [0.2, 0.25) is 0 Å². The van der Waals surface area contributed by atoms with Gasteiger partial charge in [-0.2, -0.15) is 0 Å². The lowest BCUT2D eigenvalue weighted by Crippen LogP contribution is -2.24. The maximum atomic E-state index is 13.2. The van der Waals surface area contributed by atoms with Gasteiger partial charge in [-0.1, -0.05) is 0 Å². The minimum Gasteiger partial charge on any atom is -0.430 e. The van der Waals surface area contributed by atoms with E-state index in [0.29, 0.717) is 28.0 Å². The van der Waals surface area contributed by atoms with Crippen molar-refractivity contribution in [2.24, 2.45) is 5.73 Å². The number of fused-ring (bicyclic) bond motifs is 1. The van der Waals surface area contributed by atoms with Crippen LogP contribution in [0.3, 0.4) is 0 Å². The Labute approximate surface area is 148 Å². The maximum absolute atomic E-state index is 13.2. The van der Waals surface area contributed by atoms with Gasteiger partial charge in [-0.05, 0) is 56.3 Å². The van der Waals surface area contributed by atoms with Crippen molar-refractivity contribution < 1.29 is 18.8 Å². The van der Waals surface area contributed by atoms with Crippen molar-refractivity contribution in [2.45, 2.75) is 20.0 Å². The number of nitrogens with one attached hydrogen (secondary N) is 1. The molecule has 0 saturated carbocycles. The first-order valence-corrected chi connectivity index (χ1v) is 7.87. The van der Waals surface area contributed by atoms with E-state index in [-0.39, 0.29) is 11.9 Å². The van der Waals surface area contributed by atoms with Crippen LogP contribution in [0.4, 0.5) is 9.18 Å². The molecular weight excluding hydrogens is 339 g/mol. The van der Waals surface area contributed by atoms with Gasteiger partial charge in [-0.25, -0.2) is 14.2 Å². The smallest absolute Gasteiger partial charge is 0.430 e. The molecule has 3 N–H and O–H groups in total. The molecule has 0 saturated heterocycles. The Morgan fingerprint density at radius 1 is 1.23 bits per heavy atom. The van der Waals surface area contributed by atoms with Gasteiger partial charge < -0.3 is 10.5 Å². The Kier molecular flexibility index (Phi) is 4.57. The maximum Gasteiger partial charge on any atom is 0.534 e. The Balaban J connectivity index is 2.13. The second-order valence-electron chi connectivity index (χ2n) is 5.86. The standard InChI is InChI=1S/C18H17FN4O3/c1-10(2)25-18(24)26-23-15-8-5-12(16(20)21)9-14(15)22-17(23)11-3-6-13(19)7-4-11/h3-10H,1-2H3,(H3,20,21). The summed E-state index contributed by atoms with van der Waals surface area (Å²) in [5, 5.41) is 7.54. The lowest BCUT2D eigenvalue weighted by Gasteiger charge is -2.11. The van der Waals surface area contributed by atoms with Crippen molar-refractivity contribution in [1.29, 1.82) is 5.41 Å². The third-order valence-corrected chi connectivity index (χ3v) is 3.52. The van der Waals surface area contributed by atoms with Crippen molar-refractivity contribution in [1.82, 2.24) is 9.71 Å². The van der Waals surface area contributed by atoms with E-state index in [1.54, 1.807) is 32.0 Å². The molecule has 1 aromatic heterocycles. The summed E-state index contributed by atoms with van der Waals surface area (Å²) in [7, 11) is 0. The van der Waals surface area contributed by atoms with Gasteiger partial charge >= 0.3 is 6.16 Å². The predicted octanol–water partition coefficient (Wildman–Crippen LogP) is 3.10. The molecule has 0 aliphatic carbocycles. The molecule has 0 bridgehead atoms. The molecule has 1 heterocycles. The molecule has 26 heavy (non-hydrogen) atoms. The van der Waals surface area contributed by atoms with Gasteiger partial charge in [0.25, 0.3) is 0 Å². The molecule has 7 nitrogen and oxygen atoms in total. The number of hydrogen-bond donors (Lipinski definition) is 2. The van der Waals surface area contributed by atoms with E-state index in [0.717, 1.165) is 0 Å². The van der Waals surface area contributed by atoms with E-state index in [1.807, 2.05) is 0 Å². The van der Waals surface area contributed by atoms with Crippen LogP contribution in [0.5, 0.6) is 0 Å². The molecule has 0 aliphatic rings. The minimum atomic E-state index is -0.890. The molecule has 3 rings (SSSR count). The van der Waals surface area contributed by atoms with Gasteiger partial charge in [0.1, 0.15) is 17.2 Å². The summed E-state index contributed by atoms with van der Waals surface area (Å²) in [6.07, 6.45) is -1.24. The number of amidine groups is 1. The number of imidazole rings is 1. The first-order chi connectivity index (χ1) is 12.3. The molecule has 0 amide bonds. The monoisotopic (exact) mass is 356 g/mol. The number of ether oxygens (including phenoxy) is 1. The number of aromatic nitrogens is 2. The van der Waals surface area contributed by atoms with Gasteiger partial charge in [0.05, 0.1) is 11.6 Å². The van der Waals surface area contributed by atoms with Crippen LogP contribution < -0.4 is 10.6 Å². The van der Waals surface area contributed by atoms with Crippen LogP contribution in [-0.4, -0.2) is 27.8 Å². The molecule has 0 radical (unpaired) electrons. The summed E-state index contributed by atoms with van der Waals surface area (Å²) in [5.41, 5.74) is 7.49. The van der Waals surface area contributed by atoms with Crippen LogP contribution in [-0.2, 0) is 4.74 Å². The third-order valence-electron chi connectivity index (χ3n) is 3.52. The van der Waals surface area contributed by atoms with E-state index in [2.05, 4.69) is 4.98 Å². The highest BCUT2D eigenvalue weighted by atomic mass is 19.1. The average molecular weight is 356 g/mol. The first-order valence-electron chi connectivity index (χ1n) is 7.87. The second kappa shape index (κ2) is 6.83. The molecule has 0 fully saturated rings. The zero-order valence-corrected chi connectivity index (χ0v) is 14.2. The van der Waals surface area contributed by atoms with Crippen molar-refractivity contribution in [3.8, 4) is 11.4 Å². The number of nitrogen functional groups attached to an aromatic ring is 1. The molecule has 0 atom stereocenters. The van der Waals surface area contributed by atoms with Gasteiger partial charge in [-0.3, -0.25) is 10.2 Å². The molecule has 8 heteroatoms. The van der Waals surface area contributed by atoms with Gasteiger partial charge in [0.2, 0.25) is 0 Å². The van der Waals surface area contributed by atoms with Gasteiger partial charge in [0, 0.05) is 11.1 Å². The lowest BCUT2D eigenvalue weighted by molar-refractivity contribution is 0.0324. The quantitative estimate of drug-likeness (QED) is 0.425. The van der Waals surface area contributed by atoms with Crippen LogP contribution in [0.15, 0.2) is 42.5 Å². The topological polar surface area (TPSA) is 103 Å². The van der Waals surface area contributed by atoms with E-state index in [9.17, 15) is 9.18 Å². The average Bonchev–Trinajstić information content (AvgIpc) is 2.92. The summed E-state index contributed by atoms with van der Waals surface area (Å²) in [6, 6.07) is 10.5. The number of halogens is 1. The van der Waals surface area contributed by atoms with Crippen LogP contribution >= 0.6 is 0 Å². The Hall–Kier alpha value is -3.42. The zero-order valence-electron chi connectivity index (χ0n) is 14.2.